The first-order valence-corrected chi connectivity index (χ1v) is 18.5. The van der Waals surface area contributed by atoms with Crippen LogP contribution in [-0.2, 0) is 52.5 Å². The van der Waals surface area contributed by atoms with Crippen LogP contribution in [0, 0.1) is 5.92 Å². The maximum absolute atomic E-state index is 14.1. The number of aliphatic hydroxyl groups excluding tert-OH is 2. The Kier molecular flexibility index (Phi) is 19.2. The molecule has 0 unspecified atom stereocenters. The van der Waals surface area contributed by atoms with Crippen LogP contribution in [0.1, 0.15) is 34.7 Å². The number of carbonyl (C=O) groups excluding carboxylic acids is 2. The zero-order valence-corrected chi connectivity index (χ0v) is 31.4. The summed E-state index contributed by atoms with van der Waals surface area (Å²) in [5.41, 5.74) is 3.61. The summed E-state index contributed by atoms with van der Waals surface area (Å²) in [4.78, 5) is 27.0. The van der Waals surface area contributed by atoms with Crippen LogP contribution in [0.3, 0.4) is 0 Å². The predicted molar refractivity (Wildman–Crippen MR) is 201 cm³/mol. The first kappa shape index (κ1) is 42.7. The molecule has 4 rings (SSSR count). The second-order valence-corrected chi connectivity index (χ2v) is 13.1. The first-order chi connectivity index (χ1) is 26.4. The summed E-state index contributed by atoms with van der Waals surface area (Å²) in [5.74, 6) is -0.364. The van der Waals surface area contributed by atoms with E-state index < -0.39 is 36.3 Å². The van der Waals surface area contributed by atoms with Crippen molar-refractivity contribution in [1.82, 2.24) is 10.6 Å². The number of alkyl carbamates (subject to hydrolysis) is 1. The van der Waals surface area contributed by atoms with Crippen LogP contribution >= 0.6 is 0 Å². The van der Waals surface area contributed by atoms with Gasteiger partial charge in [-0.1, -0.05) is 66.7 Å². The molecule has 13 heteroatoms. The van der Waals surface area contributed by atoms with E-state index in [0.717, 1.165) is 22.3 Å². The third-order valence-electron chi connectivity index (χ3n) is 9.06. The second kappa shape index (κ2) is 24.4. The van der Waals surface area contributed by atoms with E-state index in [1.165, 1.54) is 0 Å². The molecule has 0 radical (unpaired) electrons. The Bertz CT molecular complexity index is 1490. The van der Waals surface area contributed by atoms with Gasteiger partial charge in [-0.3, -0.25) is 4.79 Å². The fourth-order valence-electron chi connectivity index (χ4n) is 6.23. The average Bonchev–Trinajstić information content (AvgIpc) is 3.50. The molecule has 0 fully saturated rings. The van der Waals surface area contributed by atoms with E-state index in [4.69, 9.17) is 33.2 Å². The molecule has 2 amide bonds. The van der Waals surface area contributed by atoms with Gasteiger partial charge < -0.3 is 54.0 Å². The van der Waals surface area contributed by atoms with Crippen molar-refractivity contribution < 1.29 is 53.0 Å². The van der Waals surface area contributed by atoms with Crippen molar-refractivity contribution in [3.8, 4) is 5.75 Å². The average molecular weight is 753 g/mol. The molecule has 4 N–H and O–H groups in total. The summed E-state index contributed by atoms with van der Waals surface area (Å²) in [6.07, 6.45) is -1.55. The van der Waals surface area contributed by atoms with Crippen LogP contribution in [0.5, 0.6) is 5.75 Å². The molecule has 13 nitrogen and oxygen atoms in total. The van der Waals surface area contributed by atoms with Gasteiger partial charge in [0, 0.05) is 26.6 Å². The number of nitrogens with one attached hydrogen (secondary N) is 2. The Labute approximate surface area is 318 Å². The lowest BCUT2D eigenvalue weighted by atomic mass is 9.88. The molecular weight excluding hydrogens is 696 g/mol. The summed E-state index contributed by atoms with van der Waals surface area (Å²) in [6.45, 7) is 3.69. The van der Waals surface area contributed by atoms with E-state index in [-0.39, 0.29) is 25.5 Å². The smallest absolute Gasteiger partial charge is 0.407 e. The normalized spacial score (nSPS) is 16.6. The molecule has 1 aliphatic rings. The molecule has 0 aliphatic heterocycles. The van der Waals surface area contributed by atoms with Gasteiger partial charge in [0.1, 0.15) is 19.0 Å². The third kappa shape index (κ3) is 15.0. The van der Waals surface area contributed by atoms with E-state index in [1.54, 1.807) is 14.2 Å². The number of aliphatic hydroxyl groups is 2. The zero-order valence-electron chi connectivity index (χ0n) is 31.4. The Morgan fingerprint density at radius 1 is 0.722 bits per heavy atom. The summed E-state index contributed by atoms with van der Waals surface area (Å²) in [7, 11) is 3.22. The number of hydrogen-bond donors (Lipinski definition) is 4. The summed E-state index contributed by atoms with van der Waals surface area (Å²) < 4.78 is 37.4. The maximum Gasteiger partial charge on any atom is 0.407 e. The monoisotopic (exact) mass is 752 g/mol. The van der Waals surface area contributed by atoms with Crippen molar-refractivity contribution in [2.75, 3.05) is 80.3 Å². The number of hydrogen-bond acceptors (Lipinski definition) is 11. The summed E-state index contributed by atoms with van der Waals surface area (Å²) in [5, 5.41) is 28.6. The minimum Gasteiger partial charge on any atom is -0.491 e. The highest BCUT2D eigenvalue weighted by Crippen LogP contribution is 2.32. The molecule has 0 saturated carbocycles. The SMILES string of the molecule is COCCOCCOCCOC(=O)N[C@@H](Cc1ccccc1)[C@@H](O)C[C@@H](Cc1ccc(OCCOCCOC)cc1)C(=O)N[C@H]1c2ccccc2C[C@H]1O. The largest absolute Gasteiger partial charge is 0.491 e. The first-order valence-electron chi connectivity index (χ1n) is 18.5. The minimum atomic E-state index is -1.13. The Balaban J connectivity index is 1.42. The van der Waals surface area contributed by atoms with Crippen molar-refractivity contribution in [1.29, 1.82) is 0 Å². The predicted octanol–water partition coefficient (Wildman–Crippen LogP) is 3.43. The fourth-order valence-corrected chi connectivity index (χ4v) is 6.23. The molecular formula is C41H56N2O11. The molecule has 0 heterocycles. The van der Waals surface area contributed by atoms with Crippen LogP contribution < -0.4 is 15.4 Å². The number of amides is 2. The van der Waals surface area contributed by atoms with Gasteiger partial charge in [0.15, 0.2) is 0 Å². The van der Waals surface area contributed by atoms with Crippen LogP contribution in [-0.4, -0.2) is 121 Å². The van der Waals surface area contributed by atoms with Crippen LogP contribution in [0.15, 0.2) is 78.9 Å². The Morgan fingerprint density at radius 3 is 2.00 bits per heavy atom. The van der Waals surface area contributed by atoms with Crippen molar-refractivity contribution in [3.63, 3.8) is 0 Å². The lowest BCUT2D eigenvalue weighted by molar-refractivity contribution is -0.127. The molecule has 54 heavy (non-hydrogen) atoms. The number of ether oxygens (including phenoxy) is 7. The standard InChI is InChI=1S/C41H56N2O11/c1-48-16-18-50-20-21-52-23-25-54-41(47)42-36(27-30-8-4-3-5-9-30)37(44)29-33(40(46)43-39-35-11-7-6-10-32(35)28-38(39)45)26-31-12-14-34(15-13-31)53-24-22-51-19-17-49-2/h3-15,33,36-39,44-45H,16-29H2,1-2H3,(H,42,47)(H,43,46)/t33-,36+,37+,38-,39+/m1/s1. The highest BCUT2D eigenvalue weighted by atomic mass is 16.6. The topological polar surface area (TPSA) is 163 Å². The third-order valence-corrected chi connectivity index (χ3v) is 9.06. The highest BCUT2D eigenvalue weighted by molar-refractivity contribution is 5.80. The van der Waals surface area contributed by atoms with E-state index in [2.05, 4.69) is 10.6 Å². The van der Waals surface area contributed by atoms with Gasteiger partial charge in [-0.25, -0.2) is 4.79 Å². The van der Waals surface area contributed by atoms with E-state index >= 15 is 0 Å². The van der Waals surface area contributed by atoms with Crippen LogP contribution in [0.2, 0.25) is 0 Å². The highest BCUT2D eigenvalue weighted by Gasteiger charge is 2.35. The minimum absolute atomic E-state index is 0.00876. The van der Waals surface area contributed by atoms with Crippen molar-refractivity contribution in [3.05, 3.63) is 101 Å². The zero-order chi connectivity index (χ0) is 38.4. The molecule has 296 valence electrons. The number of carbonyl (C=O) groups is 2. The number of methoxy groups -OCH3 is 2. The molecule has 0 spiro atoms. The number of fused-ring (bicyclic) bond motifs is 1. The van der Waals surface area contributed by atoms with Gasteiger partial charge in [0.2, 0.25) is 5.91 Å². The van der Waals surface area contributed by atoms with Crippen molar-refractivity contribution in [2.45, 2.75) is 50.0 Å². The van der Waals surface area contributed by atoms with E-state index in [9.17, 15) is 19.8 Å². The lowest BCUT2D eigenvalue weighted by Gasteiger charge is -2.28. The molecule has 5 atom stereocenters. The molecule has 0 saturated heterocycles. The van der Waals surface area contributed by atoms with Gasteiger partial charge in [-0.15, -0.1) is 0 Å². The molecule has 1 aliphatic carbocycles. The Morgan fingerprint density at radius 2 is 1.31 bits per heavy atom. The van der Waals surface area contributed by atoms with Gasteiger partial charge in [0.25, 0.3) is 0 Å². The van der Waals surface area contributed by atoms with Crippen LogP contribution in [0.25, 0.3) is 0 Å². The van der Waals surface area contributed by atoms with E-state index in [1.807, 2.05) is 78.9 Å². The maximum atomic E-state index is 14.1. The second-order valence-electron chi connectivity index (χ2n) is 13.1. The summed E-state index contributed by atoms with van der Waals surface area (Å²) >= 11 is 0. The van der Waals surface area contributed by atoms with Gasteiger partial charge in [-0.2, -0.15) is 0 Å². The van der Waals surface area contributed by atoms with Gasteiger partial charge in [0.05, 0.1) is 77.1 Å². The lowest BCUT2D eigenvalue weighted by Crippen LogP contribution is -2.47. The number of rotatable bonds is 26. The van der Waals surface area contributed by atoms with Gasteiger partial charge >= 0.3 is 6.09 Å². The quantitative estimate of drug-likeness (QED) is 0.0890. The van der Waals surface area contributed by atoms with Crippen LogP contribution in [0.4, 0.5) is 4.79 Å². The molecule has 3 aromatic rings. The van der Waals surface area contributed by atoms with Gasteiger partial charge in [-0.05, 0) is 53.6 Å². The van der Waals surface area contributed by atoms with Crippen molar-refractivity contribution in [2.24, 2.45) is 5.92 Å². The molecule has 0 bridgehead atoms. The summed E-state index contributed by atoms with van der Waals surface area (Å²) in [6, 6.07) is 23.2. The Hall–Kier alpha value is -4.08. The number of benzene rings is 3. The van der Waals surface area contributed by atoms with E-state index in [0.29, 0.717) is 77.9 Å². The molecule has 3 aromatic carbocycles. The molecule has 0 aromatic heterocycles. The van der Waals surface area contributed by atoms with Crippen molar-refractivity contribution >= 4 is 12.0 Å². The fraction of sp³-hybridized carbons (Fsp3) is 0.512.